The first-order chi connectivity index (χ1) is 6.20. The van der Waals surface area contributed by atoms with Gasteiger partial charge in [-0.1, -0.05) is 0 Å². The average molecular weight is 180 g/mol. The summed E-state index contributed by atoms with van der Waals surface area (Å²) in [5.41, 5.74) is -0.656. The third kappa shape index (κ3) is 0.975. The zero-order chi connectivity index (χ0) is 9.42. The van der Waals surface area contributed by atoms with Gasteiger partial charge in [0.05, 0.1) is 4.92 Å². The minimum Gasteiger partial charge on any atom is -0.258 e. The molecule has 7 heteroatoms. The van der Waals surface area contributed by atoms with Crippen LogP contribution >= 0.6 is 0 Å². The minimum atomic E-state index is -0.588. The summed E-state index contributed by atoms with van der Waals surface area (Å²) in [5.74, 6) is 0. The molecule has 0 saturated carbocycles. The largest absolute Gasteiger partial charge is 0.347 e. The number of rotatable bonds is 1. The highest BCUT2D eigenvalue weighted by Crippen LogP contribution is 2.14. The lowest BCUT2D eigenvalue weighted by Gasteiger charge is -1.91. The Bertz CT molecular complexity index is 526. The molecule has 2 aromatic rings. The lowest BCUT2D eigenvalue weighted by atomic mass is 10.4. The molecule has 2 rings (SSSR count). The summed E-state index contributed by atoms with van der Waals surface area (Å²) in [5, 5.41) is 16.1. The standard InChI is InChI=1S/C6H4N4O3/c11-6-8-7-5-4(10(12)13)2-1-3-9(5)6/h1-3H,(H,8,11). The molecule has 2 aromatic heterocycles. The molecular formula is C6H4N4O3. The Morgan fingerprint density at radius 2 is 2.38 bits per heavy atom. The molecule has 0 radical (unpaired) electrons. The highest BCUT2D eigenvalue weighted by atomic mass is 16.6. The summed E-state index contributed by atoms with van der Waals surface area (Å²) in [6, 6.07) is 2.71. The van der Waals surface area contributed by atoms with E-state index in [0.29, 0.717) is 0 Å². The lowest BCUT2D eigenvalue weighted by molar-refractivity contribution is -0.383. The fraction of sp³-hybridized carbons (Fsp3) is 0. The van der Waals surface area contributed by atoms with Gasteiger partial charge in [-0.2, -0.15) is 0 Å². The Morgan fingerprint density at radius 3 is 3.08 bits per heavy atom. The van der Waals surface area contributed by atoms with E-state index in [0.717, 1.165) is 4.40 Å². The first-order valence-corrected chi connectivity index (χ1v) is 3.40. The van der Waals surface area contributed by atoms with Crippen molar-refractivity contribution in [2.45, 2.75) is 0 Å². The number of H-pyrrole nitrogens is 1. The van der Waals surface area contributed by atoms with E-state index in [9.17, 15) is 14.9 Å². The molecule has 0 aliphatic rings. The number of fused-ring (bicyclic) bond motifs is 1. The van der Waals surface area contributed by atoms with Gasteiger partial charge < -0.3 is 0 Å². The Morgan fingerprint density at radius 1 is 1.62 bits per heavy atom. The summed E-state index contributed by atoms with van der Waals surface area (Å²) < 4.78 is 1.08. The second-order valence-corrected chi connectivity index (χ2v) is 2.37. The van der Waals surface area contributed by atoms with Crippen molar-refractivity contribution in [1.82, 2.24) is 14.6 Å². The summed E-state index contributed by atoms with van der Waals surface area (Å²) in [4.78, 5) is 20.8. The number of aromatic nitrogens is 3. The average Bonchev–Trinajstić information content (AvgIpc) is 2.48. The molecule has 0 amide bonds. The van der Waals surface area contributed by atoms with Crippen LogP contribution in [0.5, 0.6) is 0 Å². The van der Waals surface area contributed by atoms with Crippen LogP contribution in [-0.4, -0.2) is 19.5 Å². The van der Waals surface area contributed by atoms with Crippen LogP contribution in [0.15, 0.2) is 23.1 Å². The van der Waals surface area contributed by atoms with Gasteiger partial charge in [0.25, 0.3) is 0 Å². The van der Waals surface area contributed by atoms with Crippen LogP contribution in [0.3, 0.4) is 0 Å². The van der Waals surface area contributed by atoms with Crippen LogP contribution in [0.2, 0.25) is 0 Å². The van der Waals surface area contributed by atoms with E-state index in [1.54, 1.807) is 0 Å². The monoisotopic (exact) mass is 180 g/mol. The smallest absolute Gasteiger partial charge is 0.258 e. The van der Waals surface area contributed by atoms with Crippen molar-refractivity contribution in [2.24, 2.45) is 0 Å². The molecule has 0 unspecified atom stereocenters. The highest BCUT2D eigenvalue weighted by molar-refractivity contribution is 5.57. The van der Waals surface area contributed by atoms with Gasteiger partial charge in [0, 0.05) is 12.3 Å². The van der Waals surface area contributed by atoms with Gasteiger partial charge in [-0.3, -0.25) is 10.1 Å². The molecule has 66 valence electrons. The van der Waals surface area contributed by atoms with Crippen LogP contribution in [0.4, 0.5) is 5.69 Å². The van der Waals surface area contributed by atoms with E-state index in [4.69, 9.17) is 0 Å². The number of pyridine rings is 1. The molecule has 0 fully saturated rings. The number of nitrogens with one attached hydrogen (secondary N) is 1. The van der Waals surface area contributed by atoms with Crippen molar-refractivity contribution in [3.63, 3.8) is 0 Å². The zero-order valence-electron chi connectivity index (χ0n) is 6.30. The van der Waals surface area contributed by atoms with E-state index in [2.05, 4.69) is 10.2 Å². The predicted molar refractivity (Wildman–Crippen MR) is 42.5 cm³/mol. The van der Waals surface area contributed by atoms with Crippen molar-refractivity contribution in [1.29, 1.82) is 0 Å². The third-order valence-corrected chi connectivity index (χ3v) is 1.62. The van der Waals surface area contributed by atoms with Crippen molar-refractivity contribution >= 4 is 11.3 Å². The van der Waals surface area contributed by atoms with Crippen molar-refractivity contribution < 1.29 is 4.92 Å². The second-order valence-electron chi connectivity index (χ2n) is 2.37. The van der Waals surface area contributed by atoms with Crippen LogP contribution in [-0.2, 0) is 0 Å². The maximum atomic E-state index is 11.0. The SMILES string of the molecule is O=c1[nH]nc2c([N+](=O)[O-])cccn12. The van der Waals surface area contributed by atoms with Crippen molar-refractivity contribution in [2.75, 3.05) is 0 Å². The van der Waals surface area contributed by atoms with Gasteiger partial charge in [0.2, 0.25) is 5.65 Å². The number of nitrogens with zero attached hydrogens (tertiary/aromatic N) is 3. The Hall–Kier alpha value is -2.18. The number of hydrogen-bond acceptors (Lipinski definition) is 4. The van der Waals surface area contributed by atoms with E-state index in [-0.39, 0.29) is 11.3 Å². The molecule has 0 atom stereocenters. The predicted octanol–water partition coefficient (Wildman–Crippen LogP) is -0.0692. The Labute approximate surface area is 70.8 Å². The maximum Gasteiger partial charge on any atom is 0.347 e. The molecule has 1 N–H and O–H groups in total. The van der Waals surface area contributed by atoms with Crippen LogP contribution in [0.1, 0.15) is 0 Å². The van der Waals surface area contributed by atoms with Crippen molar-refractivity contribution in [3.8, 4) is 0 Å². The van der Waals surface area contributed by atoms with Gasteiger partial charge in [0.15, 0.2) is 0 Å². The molecule has 0 bridgehead atoms. The second kappa shape index (κ2) is 2.41. The van der Waals surface area contributed by atoms with Crippen molar-refractivity contribution in [3.05, 3.63) is 38.9 Å². The number of nitro groups is 1. The third-order valence-electron chi connectivity index (χ3n) is 1.62. The van der Waals surface area contributed by atoms with E-state index >= 15 is 0 Å². The summed E-state index contributed by atoms with van der Waals surface area (Å²) >= 11 is 0. The summed E-state index contributed by atoms with van der Waals surface area (Å²) in [6.07, 6.45) is 1.41. The molecule has 7 nitrogen and oxygen atoms in total. The van der Waals surface area contributed by atoms with E-state index < -0.39 is 10.6 Å². The first kappa shape index (κ1) is 7.47. The van der Waals surface area contributed by atoms with Gasteiger partial charge in [0.1, 0.15) is 0 Å². The zero-order valence-corrected chi connectivity index (χ0v) is 6.30. The Kier molecular flexibility index (Phi) is 1.38. The quantitative estimate of drug-likeness (QED) is 0.491. The van der Waals surface area contributed by atoms with E-state index in [1.165, 1.54) is 18.3 Å². The van der Waals surface area contributed by atoms with Gasteiger partial charge in [-0.25, -0.2) is 14.3 Å². The number of aromatic amines is 1. The van der Waals surface area contributed by atoms with Crippen LogP contribution < -0.4 is 5.69 Å². The molecule has 0 saturated heterocycles. The molecule has 0 aromatic carbocycles. The minimum absolute atomic E-state index is 0.0255. The van der Waals surface area contributed by atoms with Gasteiger partial charge in [-0.15, -0.1) is 5.10 Å². The summed E-state index contributed by atoms with van der Waals surface area (Å²) in [7, 11) is 0. The summed E-state index contributed by atoms with van der Waals surface area (Å²) in [6.45, 7) is 0. The van der Waals surface area contributed by atoms with E-state index in [1.807, 2.05) is 0 Å². The van der Waals surface area contributed by atoms with Crippen LogP contribution in [0, 0.1) is 10.1 Å². The Balaban J connectivity index is 2.92. The number of hydrogen-bond donors (Lipinski definition) is 1. The normalized spacial score (nSPS) is 10.5. The molecule has 2 heterocycles. The molecule has 0 aliphatic heterocycles. The molecular weight excluding hydrogens is 176 g/mol. The van der Waals surface area contributed by atoms with Crippen LogP contribution in [0.25, 0.3) is 5.65 Å². The lowest BCUT2D eigenvalue weighted by Crippen LogP contribution is -2.08. The molecule has 13 heavy (non-hydrogen) atoms. The molecule has 0 spiro atoms. The topological polar surface area (TPSA) is 93.3 Å². The molecule has 0 aliphatic carbocycles. The fourth-order valence-corrected chi connectivity index (χ4v) is 1.06. The van der Waals surface area contributed by atoms with Gasteiger partial charge >= 0.3 is 11.4 Å². The maximum absolute atomic E-state index is 11.0. The first-order valence-electron chi connectivity index (χ1n) is 3.40. The highest BCUT2D eigenvalue weighted by Gasteiger charge is 2.14. The fourth-order valence-electron chi connectivity index (χ4n) is 1.06. The van der Waals surface area contributed by atoms with Gasteiger partial charge in [-0.05, 0) is 6.07 Å².